The molecule has 2 rings (SSSR count). The molecule has 1 saturated heterocycles. The fourth-order valence-corrected chi connectivity index (χ4v) is 1.87. The molecule has 3 N–H and O–H groups in total. The van der Waals surface area contributed by atoms with Crippen LogP contribution in [-0.4, -0.2) is 35.7 Å². The average Bonchev–Trinajstić information content (AvgIpc) is 2.66. The lowest BCUT2D eigenvalue weighted by atomic mass is 10.2. The van der Waals surface area contributed by atoms with Gasteiger partial charge in [0.2, 0.25) is 11.8 Å². The maximum absolute atomic E-state index is 11.7. The van der Waals surface area contributed by atoms with Crippen molar-refractivity contribution < 1.29 is 14.4 Å². The highest BCUT2D eigenvalue weighted by Gasteiger charge is 2.36. The standard InChI is InChI=1S/C14H15N3O3/c1-17-13(19)8-11(14(17)20)16-12(18)7-4-9-2-5-10(15)6-3-9/h2-7,11H,8,15H2,1H3,(H,16,18)/b7-4+. The highest BCUT2D eigenvalue weighted by molar-refractivity contribution is 6.07. The van der Waals surface area contributed by atoms with Gasteiger partial charge in [0, 0.05) is 18.8 Å². The van der Waals surface area contributed by atoms with Crippen molar-refractivity contribution in [2.75, 3.05) is 12.8 Å². The quantitative estimate of drug-likeness (QED) is 0.466. The molecule has 6 heteroatoms. The van der Waals surface area contributed by atoms with Crippen molar-refractivity contribution in [3.63, 3.8) is 0 Å². The Labute approximate surface area is 116 Å². The Balaban J connectivity index is 1.94. The number of anilines is 1. The molecule has 0 radical (unpaired) electrons. The number of nitrogen functional groups attached to an aromatic ring is 1. The molecule has 0 saturated carbocycles. The van der Waals surface area contributed by atoms with Crippen LogP contribution in [-0.2, 0) is 14.4 Å². The number of nitrogens with zero attached hydrogens (tertiary/aromatic N) is 1. The number of nitrogens with two attached hydrogens (primary N) is 1. The predicted octanol–water partition coefficient (Wildman–Crippen LogP) is 0.155. The third-order valence-corrected chi connectivity index (χ3v) is 3.06. The van der Waals surface area contributed by atoms with Crippen molar-refractivity contribution in [3.05, 3.63) is 35.9 Å². The van der Waals surface area contributed by atoms with Crippen LogP contribution in [0.5, 0.6) is 0 Å². The second-order valence-electron chi connectivity index (χ2n) is 4.56. The van der Waals surface area contributed by atoms with E-state index < -0.39 is 11.9 Å². The van der Waals surface area contributed by atoms with Crippen LogP contribution < -0.4 is 11.1 Å². The van der Waals surface area contributed by atoms with Gasteiger partial charge in [0.1, 0.15) is 6.04 Å². The van der Waals surface area contributed by atoms with Crippen molar-refractivity contribution in [1.29, 1.82) is 0 Å². The van der Waals surface area contributed by atoms with Crippen molar-refractivity contribution in [3.8, 4) is 0 Å². The van der Waals surface area contributed by atoms with Crippen molar-refractivity contribution in [1.82, 2.24) is 10.2 Å². The smallest absolute Gasteiger partial charge is 0.252 e. The number of benzene rings is 1. The summed E-state index contributed by atoms with van der Waals surface area (Å²) in [4.78, 5) is 35.6. The summed E-state index contributed by atoms with van der Waals surface area (Å²) < 4.78 is 0. The van der Waals surface area contributed by atoms with Crippen molar-refractivity contribution in [2.45, 2.75) is 12.5 Å². The molecule has 0 aliphatic carbocycles. The molecule has 1 aliphatic rings. The van der Waals surface area contributed by atoms with Gasteiger partial charge in [-0.05, 0) is 23.8 Å². The maximum Gasteiger partial charge on any atom is 0.252 e. The number of hydrogen-bond donors (Lipinski definition) is 2. The Hall–Kier alpha value is -2.63. The number of hydrogen-bond acceptors (Lipinski definition) is 4. The molecule has 1 heterocycles. The van der Waals surface area contributed by atoms with Gasteiger partial charge in [-0.3, -0.25) is 19.3 Å². The van der Waals surface area contributed by atoms with E-state index in [9.17, 15) is 14.4 Å². The lowest BCUT2D eigenvalue weighted by Gasteiger charge is -2.09. The van der Waals surface area contributed by atoms with Crippen LogP contribution in [0.2, 0.25) is 0 Å². The molecule has 1 unspecified atom stereocenters. The van der Waals surface area contributed by atoms with Crippen LogP contribution in [0.15, 0.2) is 30.3 Å². The second-order valence-corrected chi connectivity index (χ2v) is 4.56. The zero-order valence-corrected chi connectivity index (χ0v) is 11.0. The topological polar surface area (TPSA) is 92.5 Å². The molecular formula is C14H15N3O3. The number of likely N-dealkylation sites (tertiary alicyclic amines) is 1. The molecule has 0 aromatic heterocycles. The molecule has 1 fully saturated rings. The summed E-state index contributed by atoms with van der Waals surface area (Å²) in [5.74, 6) is -1.09. The van der Waals surface area contributed by atoms with Crippen LogP contribution in [0, 0.1) is 0 Å². The predicted molar refractivity (Wildman–Crippen MR) is 74.2 cm³/mol. The first kappa shape index (κ1) is 13.8. The van der Waals surface area contributed by atoms with Gasteiger partial charge in [-0.25, -0.2) is 0 Å². The maximum atomic E-state index is 11.7. The monoisotopic (exact) mass is 273 g/mol. The second kappa shape index (κ2) is 5.56. The molecule has 104 valence electrons. The number of imide groups is 1. The van der Waals surface area contributed by atoms with E-state index in [1.165, 1.54) is 13.1 Å². The van der Waals surface area contributed by atoms with E-state index in [0.717, 1.165) is 10.5 Å². The zero-order chi connectivity index (χ0) is 14.7. The van der Waals surface area contributed by atoms with Gasteiger partial charge in [-0.2, -0.15) is 0 Å². The number of nitrogens with one attached hydrogen (secondary N) is 1. The molecule has 0 spiro atoms. The molecule has 20 heavy (non-hydrogen) atoms. The third-order valence-electron chi connectivity index (χ3n) is 3.06. The minimum absolute atomic E-state index is 0.0107. The Morgan fingerprint density at radius 3 is 2.55 bits per heavy atom. The number of rotatable bonds is 3. The van der Waals surface area contributed by atoms with Gasteiger partial charge in [0.15, 0.2) is 0 Å². The molecule has 1 aliphatic heterocycles. The SMILES string of the molecule is CN1C(=O)CC(NC(=O)/C=C/c2ccc(N)cc2)C1=O. The summed E-state index contributed by atoms with van der Waals surface area (Å²) in [6.07, 6.45) is 2.94. The summed E-state index contributed by atoms with van der Waals surface area (Å²) in [7, 11) is 1.40. The van der Waals surface area contributed by atoms with E-state index in [4.69, 9.17) is 5.73 Å². The van der Waals surface area contributed by atoms with Gasteiger partial charge in [-0.15, -0.1) is 0 Å². The lowest BCUT2D eigenvalue weighted by molar-refractivity contribution is -0.137. The first-order chi connectivity index (χ1) is 9.47. The highest BCUT2D eigenvalue weighted by atomic mass is 16.2. The van der Waals surface area contributed by atoms with Crippen molar-refractivity contribution >= 4 is 29.5 Å². The van der Waals surface area contributed by atoms with Crippen LogP contribution in [0.4, 0.5) is 5.69 Å². The number of likely N-dealkylation sites (N-methyl/N-ethyl adjacent to an activating group) is 1. The molecule has 0 bridgehead atoms. The Kier molecular flexibility index (Phi) is 3.84. The third kappa shape index (κ3) is 3.03. The summed E-state index contributed by atoms with van der Waals surface area (Å²) in [5, 5.41) is 2.51. The molecule has 6 nitrogen and oxygen atoms in total. The van der Waals surface area contributed by atoms with E-state index in [1.807, 2.05) is 0 Å². The molecule has 1 aromatic rings. The Morgan fingerprint density at radius 1 is 1.35 bits per heavy atom. The fourth-order valence-electron chi connectivity index (χ4n) is 1.87. The van der Waals surface area contributed by atoms with E-state index in [-0.39, 0.29) is 18.2 Å². The van der Waals surface area contributed by atoms with Gasteiger partial charge >= 0.3 is 0 Å². The van der Waals surface area contributed by atoms with Gasteiger partial charge < -0.3 is 11.1 Å². The van der Waals surface area contributed by atoms with E-state index in [2.05, 4.69) is 5.32 Å². The van der Waals surface area contributed by atoms with Gasteiger partial charge in [0.25, 0.3) is 5.91 Å². The molecular weight excluding hydrogens is 258 g/mol. The summed E-state index contributed by atoms with van der Waals surface area (Å²) in [6.45, 7) is 0. The molecule has 1 atom stereocenters. The average molecular weight is 273 g/mol. The first-order valence-corrected chi connectivity index (χ1v) is 6.12. The Bertz CT molecular complexity index is 578. The van der Waals surface area contributed by atoms with E-state index in [0.29, 0.717) is 5.69 Å². The summed E-state index contributed by atoms with van der Waals surface area (Å²) >= 11 is 0. The van der Waals surface area contributed by atoms with Crippen molar-refractivity contribution in [2.24, 2.45) is 0 Å². The van der Waals surface area contributed by atoms with Crippen LogP contribution in [0.1, 0.15) is 12.0 Å². The van der Waals surface area contributed by atoms with Crippen LogP contribution in [0.3, 0.4) is 0 Å². The van der Waals surface area contributed by atoms with Crippen LogP contribution in [0.25, 0.3) is 6.08 Å². The number of carbonyl (C=O) groups excluding carboxylic acids is 3. The summed E-state index contributed by atoms with van der Waals surface area (Å²) in [5.41, 5.74) is 7.02. The van der Waals surface area contributed by atoms with Gasteiger partial charge in [-0.1, -0.05) is 12.1 Å². The van der Waals surface area contributed by atoms with E-state index >= 15 is 0 Å². The van der Waals surface area contributed by atoms with E-state index in [1.54, 1.807) is 30.3 Å². The molecule has 3 amide bonds. The largest absolute Gasteiger partial charge is 0.399 e. The molecule has 1 aromatic carbocycles. The number of carbonyl (C=O) groups is 3. The minimum atomic E-state index is -0.768. The summed E-state index contributed by atoms with van der Waals surface area (Å²) in [6, 6.07) is 6.24. The minimum Gasteiger partial charge on any atom is -0.399 e. The number of amides is 3. The first-order valence-electron chi connectivity index (χ1n) is 6.12. The van der Waals surface area contributed by atoms with Gasteiger partial charge in [0.05, 0.1) is 6.42 Å². The van der Waals surface area contributed by atoms with Crippen LogP contribution >= 0.6 is 0 Å². The zero-order valence-electron chi connectivity index (χ0n) is 11.0. The highest BCUT2D eigenvalue weighted by Crippen LogP contribution is 2.11. The normalized spacial score (nSPS) is 18.9. The lowest BCUT2D eigenvalue weighted by Crippen LogP contribution is -2.39. The Morgan fingerprint density at radius 2 is 2.00 bits per heavy atom. The fraction of sp³-hybridized carbons (Fsp3) is 0.214.